The summed E-state index contributed by atoms with van der Waals surface area (Å²) in [6, 6.07) is 24.5. The highest BCUT2D eigenvalue weighted by molar-refractivity contribution is 5.86. The summed E-state index contributed by atoms with van der Waals surface area (Å²) in [5, 5.41) is 17.6. The molecule has 0 aromatic heterocycles. The van der Waals surface area contributed by atoms with Crippen LogP contribution in [0.2, 0.25) is 0 Å². The fraction of sp³-hybridized carbons (Fsp3) is 0.269. The van der Waals surface area contributed by atoms with Gasteiger partial charge in [-0.05, 0) is 36.1 Å². The number of carbonyl (C=O) groups is 1. The summed E-state index contributed by atoms with van der Waals surface area (Å²) in [5.41, 5.74) is 2.84. The van der Waals surface area contributed by atoms with Crippen LogP contribution in [-0.2, 0) is 17.9 Å². The van der Waals surface area contributed by atoms with E-state index in [4.69, 9.17) is 4.74 Å². The molecule has 0 atom stereocenters. The maximum atomic E-state index is 12.1. The molecule has 3 aromatic rings. The number of likely N-dealkylation sites (tertiary alicyclic amines) is 1. The molecule has 1 saturated heterocycles. The zero-order valence-electron chi connectivity index (χ0n) is 18.9. The number of benzene rings is 3. The van der Waals surface area contributed by atoms with Gasteiger partial charge in [0.15, 0.2) is 0 Å². The Morgan fingerprint density at radius 1 is 0.971 bits per heavy atom. The minimum atomic E-state index is -0.662. The SMILES string of the molecule is O=C(Nc1ccc(NC2CCN(Cc3ccccc3)CC2)c([N+](=O)[O-])c1)OCc1ccccc1. The summed E-state index contributed by atoms with van der Waals surface area (Å²) in [6.45, 7) is 2.88. The van der Waals surface area contributed by atoms with Crippen LogP contribution in [0.25, 0.3) is 0 Å². The molecule has 1 heterocycles. The van der Waals surface area contributed by atoms with E-state index in [9.17, 15) is 14.9 Å². The molecular weight excluding hydrogens is 432 g/mol. The van der Waals surface area contributed by atoms with Gasteiger partial charge in [-0.25, -0.2) is 4.79 Å². The van der Waals surface area contributed by atoms with Crippen LogP contribution in [0.4, 0.5) is 21.9 Å². The smallest absolute Gasteiger partial charge is 0.411 e. The largest absolute Gasteiger partial charge is 0.444 e. The van der Waals surface area contributed by atoms with Gasteiger partial charge in [-0.2, -0.15) is 0 Å². The molecule has 0 spiro atoms. The minimum Gasteiger partial charge on any atom is -0.444 e. The normalized spacial score (nSPS) is 14.4. The van der Waals surface area contributed by atoms with Gasteiger partial charge in [0.2, 0.25) is 0 Å². The van der Waals surface area contributed by atoms with Gasteiger partial charge in [0.25, 0.3) is 5.69 Å². The molecule has 1 aliphatic rings. The highest BCUT2D eigenvalue weighted by Gasteiger charge is 2.23. The van der Waals surface area contributed by atoms with E-state index in [2.05, 4.69) is 27.7 Å². The van der Waals surface area contributed by atoms with Crippen LogP contribution in [0.15, 0.2) is 78.9 Å². The molecule has 3 aromatic carbocycles. The molecule has 1 fully saturated rings. The molecule has 1 aliphatic heterocycles. The van der Waals surface area contributed by atoms with Crippen molar-refractivity contribution in [3.8, 4) is 0 Å². The van der Waals surface area contributed by atoms with Crippen LogP contribution >= 0.6 is 0 Å². The van der Waals surface area contributed by atoms with Crippen molar-refractivity contribution in [3.05, 3.63) is 100 Å². The van der Waals surface area contributed by atoms with E-state index in [1.165, 1.54) is 11.6 Å². The maximum absolute atomic E-state index is 12.1. The van der Waals surface area contributed by atoms with Gasteiger partial charge in [-0.1, -0.05) is 60.7 Å². The van der Waals surface area contributed by atoms with Crippen LogP contribution in [0.5, 0.6) is 0 Å². The van der Waals surface area contributed by atoms with Crippen molar-refractivity contribution >= 4 is 23.2 Å². The number of hydrogen-bond donors (Lipinski definition) is 2. The number of piperidine rings is 1. The summed E-state index contributed by atoms with van der Waals surface area (Å²) in [6.07, 6.45) is 1.13. The number of carbonyl (C=O) groups excluding carboxylic acids is 1. The van der Waals surface area contributed by atoms with Crippen molar-refractivity contribution in [2.24, 2.45) is 0 Å². The van der Waals surface area contributed by atoms with Gasteiger partial charge in [-0.15, -0.1) is 0 Å². The monoisotopic (exact) mass is 460 g/mol. The van der Waals surface area contributed by atoms with Crippen molar-refractivity contribution in [2.75, 3.05) is 23.7 Å². The van der Waals surface area contributed by atoms with E-state index in [1.807, 2.05) is 48.5 Å². The Morgan fingerprint density at radius 3 is 2.26 bits per heavy atom. The fourth-order valence-corrected chi connectivity index (χ4v) is 4.06. The lowest BCUT2D eigenvalue weighted by Crippen LogP contribution is -2.38. The number of nitrogens with zero attached hydrogens (tertiary/aromatic N) is 2. The van der Waals surface area contributed by atoms with Crippen LogP contribution < -0.4 is 10.6 Å². The second-order valence-corrected chi connectivity index (χ2v) is 8.36. The minimum absolute atomic E-state index is 0.0763. The average Bonchev–Trinajstić information content (AvgIpc) is 2.86. The van der Waals surface area contributed by atoms with Gasteiger partial charge >= 0.3 is 6.09 Å². The fourth-order valence-electron chi connectivity index (χ4n) is 4.06. The summed E-state index contributed by atoms with van der Waals surface area (Å²) < 4.78 is 5.20. The third-order valence-electron chi connectivity index (χ3n) is 5.85. The number of ether oxygens (including phenoxy) is 1. The van der Waals surface area contributed by atoms with E-state index in [-0.39, 0.29) is 18.3 Å². The van der Waals surface area contributed by atoms with Gasteiger partial charge in [0.1, 0.15) is 12.3 Å². The maximum Gasteiger partial charge on any atom is 0.411 e. The quantitative estimate of drug-likeness (QED) is 0.344. The molecule has 1 amide bonds. The number of anilines is 2. The Bertz CT molecular complexity index is 1100. The topological polar surface area (TPSA) is 96.7 Å². The van der Waals surface area contributed by atoms with E-state index in [1.54, 1.807) is 12.1 Å². The molecule has 8 heteroatoms. The van der Waals surface area contributed by atoms with E-state index < -0.39 is 11.0 Å². The lowest BCUT2D eigenvalue weighted by atomic mass is 10.0. The second kappa shape index (κ2) is 11.3. The molecule has 0 saturated carbocycles. The average molecular weight is 461 g/mol. The third kappa shape index (κ3) is 6.55. The molecule has 8 nitrogen and oxygen atoms in total. The van der Waals surface area contributed by atoms with Crippen molar-refractivity contribution in [1.82, 2.24) is 4.90 Å². The summed E-state index contributed by atoms with van der Waals surface area (Å²) in [4.78, 5) is 25.7. The molecule has 0 aliphatic carbocycles. The van der Waals surface area contributed by atoms with E-state index in [0.717, 1.165) is 38.0 Å². The Labute approximate surface area is 198 Å². The molecule has 2 N–H and O–H groups in total. The first kappa shape index (κ1) is 23.3. The van der Waals surface area contributed by atoms with E-state index in [0.29, 0.717) is 11.4 Å². The number of amides is 1. The first-order valence-electron chi connectivity index (χ1n) is 11.4. The van der Waals surface area contributed by atoms with Gasteiger partial charge in [-0.3, -0.25) is 20.3 Å². The van der Waals surface area contributed by atoms with E-state index >= 15 is 0 Å². The highest BCUT2D eigenvalue weighted by atomic mass is 16.6. The van der Waals surface area contributed by atoms with Crippen LogP contribution in [0.3, 0.4) is 0 Å². The predicted molar refractivity (Wildman–Crippen MR) is 132 cm³/mol. The van der Waals surface area contributed by atoms with Crippen molar-refractivity contribution in [1.29, 1.82) is 0 Å². The number of nitrogens with one attached hydrogen (secondary N) is 2. The van der Waals surface area contributed by atoms with Crippen molar-refractivity contribution < 1.29 is 14.5 Å². The Balaban J connectivity index is 1.31. The molecule has 34 heavy (non-hydrogen) atoms. The van der Waals surface area contributed by atoms with Crippen LogP contribution in [0.1, 0.15) is 24.0 Å². The third-order valence-corrected chi connectivity index (χ3v) is 5.85. The highest BCUT2D eigenvalue weighted by Crippen LogP contribution is 2.30. The Morgan fingerprint density at radius 2 is 1.62 bits per heavy atom. The lowest BCUT2D eigenvalue weighted by Gasteiger charge is -2.32. The standard InChI is InChI=1S/C26H28N4O4/c31-26(34-19-21-9-5-2-6-10-21)28-23-11-12-24(25(17-23)30(32)33)27-22-13-15-29(16-14-22)18-20-7-3-1-4-8-20/h1-12,17,22,27H,13-16,18-19H2,(H,28,31). The second-order valence-electron chi connectivity index (χ2n) is 8.36. The number of nitro groups is 1. The summed E-state index contributed by atoms with van der Waals surface area (Å²) in [7, 11) is 0. The van der Waals surface area contributed by atoms with Crippen molar-refractivity contribution in [2.45, 2.75) is 32.0 Å². The number of nitro benzene ring substituents is 1. The number of rotatable bonds is 8. The first-order chi connectivity index (χ1) is 16.6. The molecule has 0 radical (unpaired) electrons. The molecule has 0 unspecified atom stereocenters. The van der Waals surface area contributed by atoms with Crippen LogP contribution in [0, 0.1) is 10.1 Å². The summed E-state index contributed by atoms with van der Waals surface area (Å²) in [5.74, 6) is 0. The lowest BCUT2D eigenvalue weighted by molar-refractivity contribution is -0.383. The molecular formula is C26H28N4O4. The van der Waals surface area contributed by atoms with Gasteiger partial charge in [0, 0.05) is 31.7 Å². The van der Waals surface area contributed by atoms with Gasteiger partial charge < -0.3 is 10.1 Å². The van der Waals surface area contributed by atoms with Gasteiger partial charge in [0.05, 0.1) is 10.6 Å². The molecule has 176 valence electrons. The number of hydrogen-bond acceptors (Lipinski definition) is 6. The molecule has 0 bridgehead atoms. The first-order valence-corrected chi connectivity index (χ1v) is 11.4. The zero-order chi connectivity index (χ0) is 23.8. The molecule has 4 rings (SSSR count). The predicted octanol–water partition coefficient (Wildman–Crippen LogP) is 5.42. The summed E-state index contributed by atoms with van der Waals surface area (Å²) >= 11 is 0. The van der Waals surface area contributed by atoms with Crippen LogP contribution in [-0.4, -0.2) is 35.0 Å². The Kier molecular flexibility index (Phi) is 7.72. The van der Waals surface area contributed by atoms with Crippen molar-refractivity contribution in [3.63, 3.8) is 0 Å². The zero-order valence-corrected chi connectivity index (χ0v) is 18.9. The Hall–Kier alpha value is -3.91.